The molecule has 0 aromatic heterocycles. The SMILES string of the molecule is O=C(c1ccc(CN2C(=O)CCC2=O)cc1)N1CCO[C@H](c2ccccc2)C1. The Morgan fingerprint density at radius 1 is 0.964 bits per heavy atom. The fourth-order valence-electron chi connectivity index (χ4n) is 3.62. The first-order chi connectivity index (χ1) is 13.6. The minimum atomic E-state index is -0.134. The summed E-state index contributed by atoms with van der Waals surface area (Å²) in [6.45, 7) is 1.84. The van der Waals surface area contributed by atoms with Gasteiger partial charge in [0.25, 0.3) is 5.91 Å². The van der Waals surface area contributed by atoms with Gasteiger partial charge in [-0.3, -0.25) is 19.3 Å². The molecule has 0 N–H and O–H groups in total. The second-order valence-corrected chi connectivity index (χ2v) is 7.09. The normalized spacial score (nSPS) is 19.9. The number of carbonyl (C=O) groups excluding carboxylic acids is 3. The lowest BCUT2D eigenvalue weighted by Crippen LogP contribution is -2.42. The van der Waals surface area contributed by atoms with E-state index in [1.165, 1.54) is 4.90 Å². The molecule has 0 bridgehead atoms. The fourth-order valence-corrected chi connectivity index (χ4v) is 3.62. The summed E-state index contributed by atoms with van der Waals surface area (Å²) < 4.78 is 5.83. The Labute approximate surface area is 163 Å². The van der Waals surface area contributed by atoms with E-state index in [1.54, 1.807) is 24.3 Å². The lowest BCUT2D eigenvalue weighted by Gasteiger charge is -2.33. The molecule has 2 heterocycles. The Hall–Kier alpha value is -2.99. The van der Waals surface area contributed by atoms with Crippen LogP contribution in [0.15, 0.2) is 54.6 Å². The van der Waals surface area contributed by atoms with Gasteiger partial charge in [-0.1, -0.05) is 42.5 Å². The summed E-state index contributed by atoms with van der Waals surface area (Å²) in [4.78, 5) is 39.5. The standard InChI is InChI=1S/C22H22N2O4/c25-20-10-11-21(26)24(20)14-16-6-8-18(9-7-16)22(27)23-12-13-28-19(15-23)17-4-2-1-3-5-17/h1-9,19H,10-15H2/t19-/m0/s1. The summed E-state index contributed by atoms with van der Waals surface area (Å²) in [6.07, 6.45) is 0.453. The van der Waals surface area contributed by atoms with Crippen molar-refractivity contribution in [2.45, 2.75) is 25.5 Å². The molecule has 0 saturated carbocycles. The third kappa shape index (κ3) is 3.82. The number of ether oxygens (including phenoxy) is 1. The first kappa shape index (κ1) is 18.4. The third-order valence-electron chi connectivity index (χ3n) is 5.22. The molecule has 0 unspecified atom stereocenters. The van der Waals surface area contributed by atoms with Gasteiger partial charge in [0.05, 0.1) is 19.7 Å². The van der Waals surface area contributed by atoms with E-state index in [4.69, 9.17) is 4.74 Å². The zero-order chi connectivity index (χ0) is 19.5. The summed E-state index contributed by atoms with van der Waals surface area (Å²) in [5, 5.41) is 0. The molecule has 28 heavy (non-hydrogen) atoms. The van der Waals surface area contributed by atoms with Crippen molar-refractivity contribution in [1.29, 1.82) is 0 Å². The number of benzene rings is 2. The van der Waals surface area contributed by atoms with Gasteiger partial charge in [0.2, 0.25) is 11.8 Å². The van der Waals surface area contributed by atoms with Gasteiger partial charge in [-0.2, -0.15) is 0 Å². The van der Waals surface area contributed by atoms with Crippen LogP contribution < -0.4 is 0 Å². The van der Waals surface area contributed by atoms with Gasteiger partial charge in [-0.15, -0.1) is 0 Å². The van der Waals surface area contributed by atoms with Gasteiger partial charge in [-0.25, -0.2) is 0 Å². The summed E-state index contributed by atoms with van der Waals surface area (Å²) >= 11 is 0. The molecular formula is C22H22N2O4. The van der Waals surface area contributed by atoms with Crippen molar-refractivity contribution in [1.82, 2.24) is 9.80 Å². The zero-order valence-electron chi connectivity index (χ0n) is 15.5. The molecule has 2 saturated heterocycles. The summed E-state index contributed by atoms with van der Waals surface area (Å²) in [6, 6.07) is 17.0. The average molecular weight is 378 g/mol. The van der Waals surface area contributed by atoms with Crippen molar-refractivity contribution >= 4 is 17.7 Å². The van der Waals surface area contributed by atoms with E-state index in [2.05, 4.69) is 0 Å². The second kappa shape index (κ2) is 7.94. The van der Waals surface area contributed by atoms with Crippen molar-refractivity contribution in [3.05, 3.63) is 71.3 Å². The van der Waals surface area contributed by atoms with Gasteiger partial charge in [0.1, 0.15) is 6.10 Å². The van der Waals surface area contributed by atoms with Gasteiger partial charge in [-0.05, 0) is 23.3 Å². The summed E-state index contributed by atoms with van der Waals surface area (Å²) in [5.74, 6) is -0.306. The van der Waals surface area contributed by atoms with Gasteiger partial charge in [0.15, 0.2) is 0 Å². The highest BCUT2D eigenvalue weighted by Crippen LogP contribution is 2.23. The number of nitrogens with zero attached hydrogens (tertiary/aromatic N) is 2. The molecule has 4 rings (SSSR count). The maximum atomic E-state index is 12.9. The van der Waals surface area contributed by atoms with Crippen molar-refractivity contribution in [3.63, 3.8) is 0 Å². The molecule has 6 heteroatoms. The molecular weight excluding hydrogens is 356 g/mol. The molecule has 144 valence electrons. The molecule has 2 aromatic rings. The van der Waals surface area contributed by atoms with Crippen LogP contribution in [0.4, 0.5) is 0 Å². The van der Waals surface area contributed by atoms with Crippen LogP contribution in [0, 0.1) is 0 Å². The average Bonchev–Trinajstić information content (AvgIpc) is 3.06. The molecule has 3 amide bonds. The number of imide groups is 1. The highest BCUT2D eigenvalue weighted by Gasteiger charge is 2.29. The van der Waals surface area contributed by atoms with Crippen LogP contribution in [0.25, 0.3) is 0 Å². The topological polar surface area (TPSA) is 66.9 Å². The first-order valence-electron chi connectivity index (χ1n) is 9.50. The molecule has 1 atom stereocenters. The second-order valence-electron chi connectivity index (χ2n) is 7.09. The lowest BCUT2D eigenvalue weighted by atomic mass is 10.1. The van der Waals surface area contributed by atoms with Crippen LogP contribution in [0.1, 0.15) is 40.4 Å². The monoisotopic (exact) mass is 378 g/mol. The number of morpholine rings is 1. The Kier molecular flexibility index (Phi) is 5.21. The van der Waals surface area contributed by atoms with Crippen LogP contribution in [-0.2, 0) is 20.9 Å². The van der Waals surface area contributed by atoms with Gasteiger partial charge < -0.3 is 9.64 Å². The number of hydrogen-bond donors (Lipinski definition) is 0. The summed E-state index contributed by atoms with van der Waals surface area (Å²) in [5.41, 5.74) is 2.50. The van der Waals surface area contributed by atoms with Crippen molar-refractivity contribution < 1.29 is 19.1 Å². The lowest BCUT2D eigenvalue weighted by molar-refractivity contribution is -0.139. The van der Waals surface area contributed by atoms with Crippen LogP contribution >= 0.6 is 0 Å². The van der Waals surface area contributed by atoms with E-state index in [-0.39, 0.29) is 43.2 Å². The largest absolute Gasteiger partial charge is 0.370 e. The predicted octanol–water partition coefficient (Wildman–Crippen LogP) is 2.55. The number of rotatable bonds is 4. The van der Waals surface area contributed by atoms with E-state index in [9.17, 15) is 14.4 Å². The highest BCUT2D eigenvalue weighted by molar-refractivity contribution is 6.01. The molecule has 0 aliphatic carbocycles. The molecule has 2 aliphatic heterocycles. The summed E-state index contributed by atoms with van der Waals surface area (Å²) in [7, 11) is 0. The molecule has 0 spiro atoms. The van der Waals surface area contributed by atoms with Crippen molar-refractivity contribution in [2.75, 3.05) is 19.7 Å². The van der Waals surface area contributed by atoms with Gasteiger partial charge >= 0.3 is 0 Å². The maximum Gasteiger partial charge on any atom is 0.254 e. The Balaban J connectivity index is 1.42. The zero-order valence-corrected chi connectivity index (χ0v) is 15.5. The van der Waals surface area contributed by atoms with Crippen molar-refractivity contribution in [3.8, 4) is 0 Å². The van der Waals surface area contributed by atoms with E-state index >= 15 is 0 Å². The van der Waals surface area contributed by atoms with Crippen LogP contribution in [0.2, 0.25) is 0 Å². The van der Waals surface area contributed by atoms with E-state index < -0.39 is 0 Å². The van der Waals surface area contributed by atoms with Crippen LogP contribution in [-0.4, -0.2) is 47.2 Å². The van der Waals surface area contributed by atoms with Crippen molar-refractivity contribution in [2.24, 2.45) is 0 Å². The predicted molar refractivity (Wildman–Crippen MR) is 102 cm³/mol. The van der Waals surface area contributed by atoms with Crippen LogP contribution in [0.3, 0.4) is 0 Å². The minimum absolute atomic E-state index is 0.0379. The number of amides is 3. The number of likely N-dealkylation sites (tertiary alicyclic amines) is 1. The molecule has 2 aromatic carbocycles. The Morgan fingerprint density at radius 3 is 2.32 bits per heavy atom. The van der Waals surface area contributed by atoms with Gasteiger partial charge in [0, 0.05) is 24.9 Å². The molecule has 2 fully saturated rings. The molecule has 2 aliphatic rings. The number of carbonyl (C=O) groups is 3. The van der Waals surface area contributed by atoms with E-state index in [0.29, 0.717) is 25.3 Å². The van der Waals surface area contributed by atoms with E-state index in [1.807, 2.05) is 35.2 Å². The Bertz CT molecular complexity index is 863. The highest BCUT2D eigenvalue weighted by atomic mass is 16.5. The van der Waals surface area contributed by atoms with Crippen LogP contribution in [0.5, 0.6) is 0 Å². The molecule has 0 radical (unpaired) electrons. The minimum Gasteiger partial charge on any atom is -0.370 e. The number of hydrogen-bond acceptors (Lipinski definition) is 4. The fraction of sp³-hybridized carbons (Fsp3) is 0.318. The smallest absolute Gasteiger partial charge is 0.254 e. The molecule has 6 nitrogen and oxygen atoms in total. The quantitative estimate of drug-likeness (QED) is 0.767. The third-order valence-corrected chi connectivity index (χ3v) is 5.22. The Morgan fingerprint density at radius 2 is 1.64 bits per heavy atom. The van der Waals surface area contributed by atoms with E-state index in [0.717, 1.165) is 11.1 Å². The maximum absolute atomic E-state index is 12.9. The first-order valence-corrected chi connectivity index (χ1v) is 9.50.